The number of aromatic nitrogens is 1. The van der Waals surface area contributed by atoms with Crippen LogP contribution in [0.5, 0.6) is 0 Å². The number of fused-ring (bicyclic) bond motifs is 1. The number of H-pyrrole nitrogens is 1. The predicted molar refractivity (Wildman–Crippen MR) is 94.1 cm³/mol. The first-order valence-corrected chi connectivity index (χ1v) is 7.93. The highest BCUT2D eigenvalue weighted by Crippen LogP contribution is 2.21. The van der Waals surface area contributed by atoms with Crippen molar-refractivity contribution in [3.8, 4) is 0 Å². The second kappa shape index (κ2) is 7.14. The second-order valence-electron chi connectivity index (χ2n) is 5.81. The maximum Gasteiger partial charge on any atom is 0.227 e. The van der Waals surface area contributed by atoms with Gasteiger partial charge in [-0.2, -0.15) is 0 Å². The van der Waals surface area contributed by atoms with E-state index in [4.69, 9.17) is 0 Å². The van der Waals surface area contributed by atoms with Crippen LogP contribution in [0, 0.1) is 5.92 Å². The fraction of sp³-hybridized carbons (Fsp3) is 0.200. The van der Waals surface area contributed by atoms with Crippen LogP contribution < -0.4 is 5.32 Å². The van der Waals surface area contributed by atoms with Crippen molar-refractivity contribution in [2.45, 2.75) is 19.8 Å². The Hall–Kier alpha value is -2.55. The molecular formula is C20H21N2O. The Morgan fingerprint density at radius 2 is 1.78 bits per heavy atom. The Labute approximate surface area is 136 Å². The average molecular weight is 305 g/mol. The highest BCUT2D eigenvalue weighted by atomic mass is 16.1. The molecule has 3 heteroatoms. The molecule has 0 atom stereocenters. The molecule has 1 aromatic heterocycles. The Kier molecular flexibility index (Phi) is 4.77. The first-order valence-electron chi connectivity index (χ1n) is 7.93. The van der Waals surface area contributed by atoms with Crippen LogP contribution in [0.15, 0.2) is 60.8 Å². The summed E-state index contributed by atoms with van der Waals surface area (Å²) in [4.78, 5) is 15.5. The number of carbonyl (C=O) groups excluding carboxylic acids is 1. The van der Waals surface area contributed by atoms with Gasteiger partial charge in [-0.3, -0.25) is 4.79 Å². The van der Waals surface area contributed by atoms with E-state index in [1.165, 1.54) is 10.9 Å². The first kappa shape index (κ1) is 15.3. The first-order chi connectivity index (χ1) is 11.2. The molecule has 3 nitrogen and oxygen atoms in total. The van der Waals surface area contributed by atoms with Gasteiger partial charge in [0.2, 0.25) is 5.91 Å². The van der Waals surface area contributed by atoms with Crippen molar-refractivity contribution < 1.29 is 4.79 Å². The lowest BCUT2D eigenvalue weighted by Gasteiger charge is -2.11. The summed E-state index contributed by atoms with van der Waals surface area (Å²) in [5.41, 5.74) is 3.51. The monoisotopic (exact) mass is 305 g/mol. The van der Waals surface area contributed by atoms with E-state index in [9.17, 15) is 4.79 Å². The van der Waals surface area contributed by atoms with Crippen molar-refractivity contribution in [1.29, 1.82) is 0 Å². The number of para-hydroxylation sites is 1. The summed E-state index contributed by atoms with van der Waals surface area (Å²) in [5.74, 6) is 0.869. The summed E-state index contributed by atoms with van der Waals surface area (Å²) in [6.07, 6.45) is 3.51. The van der Waals surface area contributed by atoms with Crippen LogP contribution in [-0.4, -0.2) is 17.4 Å². The minimum absolute atomic E-state index is 0.0335. The van der Waals surface area contributed by atoms with Crippen LogP contribution in [0.1, 0.15) is 18.1 Å². The molecule has 1 heterocycles. The van der Waals surface area contributed by atoms with Gasteiger partial charge in [0.25, 0.3) is 0 Å². The van der Waals surface area contributed by atoms with Crippen molar-refractivity contribution in [2.24, 2.45) is 0 Å². The van der Waals surface area contributed by atoms with Crippen molar-refractivity contribution in [3.05, 3.63) is 77.8 Å². The molecule has 0 aliphatic heterocycles. The Morgan fingerprint density at radius 1 is 1.04 bits per heavy atom. The van der Waals surface area contributed by atoms with E-state index >= 15 is 0 Å². The Morgan fingerprint density at radius 3 is 2.61 bits per heavy atom. The zero-order valence-electron chi connectivity index (χ0n) is 13.3. The largest absolute Gasteiger partial charge is 0.361 e. The SMILES string of the molecule is C[C](Cc1c[nH]c2ccccc12)C(=O)NCCc1ccccc1. The molecule has 117 valence electrons. The van der Waals surface area contributed by atoms with Gasteiger partial charge in [0.15, 0.2) is 0 Å². The molecule has 0 bridgehead atoms. The lowest BCUT2D eigenvalue weighted by molar-refractivity contribution is -0.119. The van der Waals surface area contributed by atoms with Gasteiger partial charge in [0.1, 0.15) is 0 Å². The molecule has 23 heavy (non-hydrogen) atoms. The molecular weight excluding hydrogens is 284 g/mol. The highest BCUT2D eigenvalue weighted by molar-refractivity contribution is 5.91. The molecule has 3 rings (SSSR count). The van der Waals surface area contributed by atoms with E-state index in [0.717, 1.165) is 23.4 Å². The number of rotatable bonds is 6. The maximum absolute atomic E-state index is 12.2. The number of amides is 1. The van der Waals surface area contributed by atoms with Gasteiger partial charge >= 0.3 is 0 Å². The summed E-state index contributed by atoms with van der Waals surface area (Å²) in [5, 5.41) is 4.19. The number of benzene rings is 2. The van der Waals surface area contributed by atoms with E-state index < -0.39 is 0 Å². The molecule has 1 amide bonds. The third-order valence-electron chi connectivity index (χ3n) is 4.06. The number of hydrogen-bond donors (Lipinski definition) is 2. The summed E-state index contributed by atoms with van der Waals surface area (Å²) >= 11 is 0. The van der Waals surface area contributed by atoms with Gasteiger partial charge in [-0.25, -0.2) is 0 Å². The van der Waals surface area contributed by atoms with Gasteiger partial charge in [-0.15, -0.1) is 0 Å². The standard InChI is InChI=1S/C20H21N2O/c1-15(13-17-14-22-19-10-6-5-9-18(17)19)20(23)21-12-11-16-7-3-2-4-8-16/h2-10,14,22H,11-13H2,1H3,(H,21,23). The van der Waals surface area contributed by atoms with Gasteiger partial charge in [0, 0.05) is 23.6 Å². The van der Waals surface area contributed by atoms with Gasteiger partial charge in [0.05, 0.1) is 5.92 Å². The molecule has 0 spiro atoms. The molecule has 0 unspecified atom stereocenters. The molecule has 0 aliphatic carbocycles. The summed E-state index contributed by atoms with van der Waals surface area (Å²) in [6, 6.07) is 18.4. The smallest absolute Gasteiger partial charge is 0.227 e. The summed E-state index contributed by atoms with van der Waals surface area (Å²) in [7, 11) is 0. The topological polar surface area (TPSA) is 44.9 Å². The number of nitrogens with one attached hydrogen (secondary N) is 2. The Balaban J connectivity index is 1.53. The van der Waals surface area contributed by atoms with Crippen LogP contribution in [0.4, 0.5) is 0 Å². The van der Waals surface area contributed by atoms with Crippen LogP contribution >= 0.6 is 0 Å². The van der Waals surface area contributed by atoms with Gasteiger partial charge in [-0.1, -0.05) is 48.5 Å². The summed E-state index contributed by atoms with van der Waals surface area (Å²) < 4.78 is 0. The van der Waals surface area contributed by atoms with Crippen molar-refractivity contribution in [1.82, 2.24) is 10.3 Å². The van der Waals surface area contributed by atoms with Crippen molar-refractivity contribution >= 4 is 16.8 Å². The van der Waals surface area contributed by atoms with Crippen molar-refractivity contribution in [3.63, 3.8) is 0 Å². The molecule has 2 aromatic carbocycles. The second-order valence-corrected chi connectivity index (χ2v) is 5.81. The maximum atomic E-state index is 12.2. The number of carbonyl (C=O) groups is 1. The summed E-state index contributed by atoms with van der Waals surface area (Å²) in [6.45, 7) is 2.56. The third kappa shape index (κ3) is 3.81. The molecule has 2 N–H and O–H groups in total. The predicted octanol–water partition coefficient (Wildman–Crippen LogP) is 3.66. The van der Waals surface area contributed by atoms with Crippen LogP contribution in [0.25, 0.3) is 10.9 Å². The molecule has 0 saturated carbocycles. The van der Waals surface area contributed by atoms with E-state index in [-0.39, 0.29) is 5.91 Å². The normalized spacial score (nSPS) is 11.0. The zero-order chi connectivity index (χ0) is 16.1. The molecule has 3 aromatic rings. The number of hydrogen-bond acceptors (Lipinski definition) is 1. The van der Waals surface area contributed by atoms with Crippen LogP contribution in [-0.2, 0) is 17.6 Å². The zero-order valence-corrected chi connectivity index (χ0v) is 13.3. The van der Waals surface area contributed by atoms with E-state index in [1.54, 1.807) is 0 Å². The molecule has 0 fully saturated rings. The number of aromatic amines is 1. The van der Waals surface area contributed by atoms with Crippen LogP contribution in [0.2, 0.25) is 0 Å². The third-order valence-corrected chi connectivity index (χ3v) is 4.06. The highest BCUT2D eigenvalue weighted by Gasteiger charge is 2.16. The average Bonchev–Trinajstić information content (AvgIpc) is 2.99. The lowest BCUT2D eigenvalue weighted by Crippen LogP contribution is -2.30. The quantitative estimate of drug-likeness (QED) is 0.717. The molecule has 0 aliphatic rings. The van der Waals surface area contributed by atoms with Crippen molar-refractivity contribution in [2.75, 3.05) is 6.54 Å². The van der Waals surface area contributed by atoms with Gasteiger partial charge in [-0.05, 0) is 37.0 Å². The lowest BCUT2D eigenvalue weighted by atomic mass is 10.00. The fourth-order valence-corrected chi connectivity index (χ4v) is 2.76. The molecule has 1 radical (unpaired) electrons. The van der Waals surface area contributed by atoms with E-state index in [1.807, 2.05) is 49.5 Å². The van der Waals surface area contributed by atoms with Crippen LogP contribution in [0.3, 0.4) is 0 Å². The van der Waals surface area contributed by atoms with E-state index in [0.29, 0.717) is 13.0 Å². The minimum atomic E-state index is 0.0335. The Bertz CT molecular complexity index is 776. The molecule has 0 saturated heterocycles. The fourth-order valence-electron chi connectivity index (χ4n) is 2.76. The van der Waals surface area contributed by atoms with E-state index in [2.05, 4.69) is 28.5 Å². The minimum Gasteiger partial charge on any atom is -0.361 e. The van der Waals surface area contributed by atoms with Gasteiger partial charge < -0.3 is 10.3 Å².